The zero-order chi connectivity index (χ0) is 27.4. The van der Waals surface area contributed by atoms with Crippen molar-refractivity contribution >= 4 is 40.9 Å². The Balaban J connectivity index is 1.20. The van der Waals surface area contributed by atoms with Gasteiger partial charge < -0.3 is 19.4 Å². The van der Waals surface area contributed by atoms with Crippen LogP contribution in [0.25, 0.3) is 0 Å². The van der Waals surface area contributed by atoms with Crippen LogP contribution in [0.4, 0.5) is 10.5 Å². The molecule has 10 heteroatoms. The average Bonchev–Trinajstić information content (AvgIpc) is 3.35. The summed E-state index contributed by atoms with van der Waals surface area (Å²) < 4.78 is 5.11. The number of nitrogens with zero attached hydrogens (tertiary/aromatic N) is 5. The molecule has 3 aliphatic rings. The number of piperazine rings is 1. The molecule has 0 bridgehead atoms. The maximum absolute atomic E-state index is 13.3. The van der Waals surface area contributed by atoms with E-state index >= 15 is 0 Å². The van der Waals surface area contributed by atoms with Crippen LogP contribution in [0.5, 0.6) is 0 Å². The van der Waals surface area contributed by atoms with Gasteiger partial charge in [-0.15, -0.1) is 0 Å². The molecule has 0 spiro atoms. The summed E-state index contributed by atoms with van der Waals surface area (Å²) in [7, 11) is 0. The third-order valence-electron chi connectivity index (χ3n) is 8.03. The van der Waals surface area contributed by atoms with Gasteiger partial charge in [-0.05, 0) is 77.5 Å². The molecule has 1 aromatic carbocycles. The minimum Gasteiger partial charge on any atom is -0.457 e. The number of benzene rings is 1. The molecule has 0 saturated carbocycles. The van der Waals surface area contributed by atoms with Gasteiger partial charge in [-0.1, -0.05) is 12.8 Å². The Morgan fingerprint density at radius 1 is 1.00 bits per heavy atom. The Kier molecular flexibility index (Phi) is 8.92. The average molecular weight is 544 g/mol. The maximum Gasteiger partial charge on any atom is 0.338 e. The number of thiocarbonyl (C=S) groups is 1. The number of anilines is 1. The highest BCUT2D eigenvalue weighted by molar-refractivity contribution is 7.80. The molecule has 0 aliphatic carbocycles. The fraction of sp³-hybridized carbons (Fsp3) is 0.643. The molecule has 2 saturated heterocycles. The number of fused-ring (bicyclic) bond motifs is 1. The van der Waals surface area contributed by atoms with Gasteiger partial charge in [-0.2, -0.15) is 0 Å². The standard InChI is InChI=1S/C28H41N5O4S/c1-5-30(6-2)26(36)31-17-15-29(16-18-31)13-9-7-8-10-14-32-27(38)33(25(35)28(32,3)4)22-11-12-23-21(19-22)20-37-24(23)34/h11-12,19H,5-10,13-18,20H2,1-4H3. The number of urea groups is 1. The Labute approximate surface area is 231 Å². The summed E-state index contributed by atoms with van der Waals surface area (Å²) in [5, 5.41) is 0.516. The molecule has 38 heavy (non-hydrogen) atoms. The van der Waals surface area contributed by atoms with E-state index in [2.05, 4.69) is 4.90 Å². The van der Waals surface area contributed by atoms with Crippen molar-refractivity contribution in [2.45, 2.75) is 65.5 Å². The fourth-order valence-electron chi connectivity index (χ4n) is 5.51. The van der Waals surface area contributed by atoms with Crippen LogP contribution >= 0.6 is 12.2 Å². The van der Waals surface area contributed by atoms with Crippen molar-refractivity contribution in [3.63, 3.8) is 0 Å². The first-order valence-electron chi connectivity index (χ1n) is 13.9. The number of esters is 1. The quantitative estimate of drug-likeness (QED) is 0.253. The maximum atomic E-state index is 13.3. The highest BCUT2D eigenvalue weighted by Crippen LogP contribution is 2.34. The Hall–Kier alpha value is -2.72. The van der Waals surface area contributed by atoms with Gasteiger partial charge in [-0.25, -0.2) is 9.59 Å². The van der Waals surface area contributed by atoms with Crippen LogP contribution in [0, 0.1) is 0 Å². The molecular weight excluding hydrogens is 502 g/mol. The third-order valence-corrected chi connectivity index (χ3v) is 8.43. The topological polar surface area (TPSA) is 76.6 Å². The van der Waals surface area contributed by atoms with E-state index in [9.17, 15) is 14.4 Å². The first-order chi connectivity index (χ1) is 18.2. The van der Waals surface area contributed by atoms with Crippen LogP contribution in [0.3, 0.4) is 0 Å². The van der Waals surface area contributed by atoms with Crippen molar-refractivity contribution in [2.24, 2.45) is 0 Å². The van der Waals surface area contributed by atoms with E-state index < -0.39 is 5.54 Å². The summed E-state index contributed by atoms with van der Waals surface area (Å²) in [6.07, 6.45) is 4.28. The van der Waals surface area contributed by atoms with Gasteiger partial charge in [0.15, 0.2) is 5.11 Å². The molecule has 3 amide bonds. The predicted octanol–water partition coefficient (Wildman–Crippen LogP) is 3.71. The molecule has 208 valence electrons. The largest absolute Gasteiger partial charge is 0.457 e. The van der Waals surface area contributed by atoms with Gasteiger partial charge in [-0.3, -0.25) is 14.6 Å². The van der Waals surface area contributed by atoms with E-state index in [4.69, 9.17) is 17.0 Å². The SMILES string of the molecule is CCN(CC)C(=O)N1CCN(CCCCCCN2C(=S)N(c3ccc4c(c3)COC4=O)C(=O)C2(C)C)CC1. The summed E-state index contributed by atoms with van der Waals surface area (Å²) in [5.41, 5.74) is 1.31. The van der Waals surface area contributed by atoms with E-state index in [1.165, 1.54) is 0 Å². The van der Waals surface area contributed by atoms with Crippen LogP contribution < -0.4 is 4.90 Å². The van der Waals surface area contributed by atoms with Gasteiger partial charge in [0.2, 0.25) is 0 Å². The van der Waals surface area contributed by atoms with Gasteiger partial charge in [0.25, 0.3) is 5.91 Å². The van der Waals surface area contributed by atoms with Crippen molar-refractivity contribution in [2.75, 3.05) is 57.3 Å². The number of hydrogen-bond acceptors (Lipinski definition) is 6. The first kappa shape index (κ1) is 28.3. The second-order valence-corrected chi connectivity index (χ2v) is 11.1. The lowest BCUT2D eigenvalue weighted by Crippen LogP contribution is -2.52. The smallest absolute Gasteiger partial charge is 0.338 e. The second-order valence-electron chi connectivity index (χ2n) is 10.7. The lowest BCUT2D eigenvalue weighted by molar-refractivity contribution is -0.123. The van der Waals surface area contributed by atoms with Crippen molar-refractivity contribution in [1.29, 1.82) is 0 Å². The highest BCUT2D eigenvalue weighted by Gasteiger charge is 2.49. The first-order valence-corrected chi connectivity index (χ1v) is 14.3. The summed E-state index contributed by atoms with van der Waals surface area (Å²) >= 11 is 5.76. The third kappa shape index (κ3) is 5.66. The minimum atomic E-state index is -0.718. The number of carbonyl (C=O) groups excluding carboxylic acids is 3. The number of amides is 3. The van der Waals surface area contributed by atoms with Gasteiger partial charge in [0, 0.05) is 51.4 Å². The van der Waals surface area contributed by atoms with Crippen molar-refractivity contribution in [1.82, 2.24) is 19.6 Å². The van der Waals surface area contributed by atoms with Crippen LogP contribution in [0.15, 0.2) is 18.2 Å². The second kappa shape index (κ2) is 12.0. The van der Waals surface area contributed by atoms with Crippen LogP contribution in [-0.2, 0) is 16.1 Å². The lowest BCUT2D eigenvalue weighted by Gasteiger charge is -2.37. The highest BCUT2D eigenvalue weighted by atomic mass is 32.1. The Bertz CT molecular complexity index is 1070. The van der Waals surface area contributed by atoms with Crippen molar-refractivity contribution in [3.05, 3.63) is 29.3 Å². The number of hydrogen-bond donors (Lipinski definition) is 0. The lowest BCUT2D eigenvalue weighted by atomic mass is 10.0. The van der Waals surface area contributed by atoms with Gasteiger partial charge in [0.05, 0.1) is 11.3 Å². The Morgan fingerprint density at radius 2 is 1.66 bits per heavy atom. The molecule has 9 nitrogen and oxygen atoms in total. The van der Waals surface area contributed by atoms with Crippen LogP contribution in [-0.4, -0.2) is 101 Å². The minimum absolute atomic E-state index is 0.0497. The Morgan fingerprint density at radius 3 is 2.32 bits per heavy atom. The molecule has 0 N–H and O–H groups in total. The van der Waals surface area contributed by atoms with Crippen molar-refractivity contribution < 1.29 is 19.1 Å². The van der Waals surface area contributed by atoms with E-state index in [1.54, 1.807) is 17.0 Å². The summed E-state index contributed by atoms with van der Waals surface area (Å²) in [4.78, 5) is 47.6. The molecule has 0 aromatic heterocycles. The number of cyclic esters (lactones) is 1. The van der Waals surface area contributed by atoms with E-state index in [-0.39, 0.29) is 24.5 Å². The monoisotopic (exact) mass is 543 g/mol. The molecular formula is C28H41N5O4S. The predicted molar refractivity (Wildman–Crippen MR) is 151 cm³/mol. The summed E-state index contributed by atoms with van der Waals surface area (Å²) in [5.74, 6) is -0.372. The normalized spacial score (nSPS) is 19.3. The van der Waals surface area contributed by atoms with E-state index in [0.717, 1.165) is 83.6 Å². The van der Waals surface area contributed by atoms with Crippen LogP contribution in [0.1, 0.15) is 69.3 Å². The number of rotatable bonds is 10. The van der Waals surface area contributed by atoms with E-state index in [0.29, 0.717) is 16.4 Å². The zero-order valence-corrected chi connectivity index (χ0v) is 24.0. The zero-order valence-electron chi connectivity index (χ0n) is 23.2. The summed E-state index contributed by atoms with van der Waals surface area (Å²) in [6.45, 7) is 14.9. The molecule has 0 unspecified atom stereocenters. The molecule has 4 rings (SSSR count). The number of ether oxygens (including phenoxy) is 1. The van der Waals surface area contributed by atoms with Crippen molar-refractivity contribution in [3.8, 4) is 0 Å². The molecule has 1 aromatic rings. The number of unbranched alkanes of at least 4 members (excludes halogenated alkanes) is 3. The molecule has 0 radical (unpaired) electrons. The summed E-state index contributed by atoms with van der Waals surface area (Å²) in [6, 6.07) is 5.49. The van der Waals surface area contributed by atoms with Gasteiger partial charge >= 0.3 is 12.0 Å². The molecule has 0 atom stereocenters. The van der Waals surface area contributed by atoms with Crippen LogP contribution in [0.2, 0.25) is 0 Å². The molecule has 3 aliphatic heterocycles. The molecule has 3 heterocycles. The molecule has 2 fully saturated rings. The fourth-order valence-corrected chi connectivity index (χ4v) is 6.02. The number of carbonyl (C=O) groups is 3. The van der Waals surface area contributed by atoms with E-state index in [1.807, 2.05) is 48.5 Å². The van der Waals surface area contributed by atoms with Gasteiger partial charge in [0.1, 0.15) is 12.1 Å².